The number of benzene rings is 1. The highest BCUT2D eigenvalue weighted by Crippen LogP contribution is 2.11. The molecule has 0 unspecified atom stereocenters. The zero-order valence-corrected chi connectivity index (χ0v) is 10.7. The van der Waals surface area contributed by atoms with Crippen LogP contribution in [0.1, 0.15) is 6.92 Å². The van der Waals surface area contributed by atoms with Crippen LogP contribution in [0.5, 0.6) is 5.75 Å². The van der Waals surface area contributed by atoms with Gasteiger partial charge in [-0.2, -0.15) is 0 Å². The number of hydrogen-bond acceptors (Lipinski definition) is 5. The molecule has 1 aromatic rings. The van der Waals surface area contributed by atoms with E-state index in [0.717, 1.165) is 6.07 Å². The summed E-state index contributed by atoms with van der Waals surface area (Å²) < 4.78 is 40.7. The SMILES string of the molecule is CCS(=O)(=O)CCOc1ccc(B(O)O)c(F)c1. The predicted octanol–water partition coefficient (Wildman–Crippen LogP) is -0.681. The lowest BCUT2D eigenvalue weighted by atomic mass is 9.80. The average Bonchev–Trinajstić information content (AvgIpc) is 2.28. The van der Waals surface area contributed by atoms with Crippen molar-refractivity contribution in [1.29, 1.82) is 0 Å². The molecule has 0 bridgehead atoms. The smallest absolute Gasteiger partial charge is 0.491 e. The van der Waals surface area contributed by atoms with E-state index in [1.807, 2.05) is 0 Å². The molecule has 0 fully saturated rings. The minimum Gasteiger partial charge on any atom is -0.492 e. The first-order valence-corrected chi connectivity index (χ1v) is 7.16. The van der Waals surface area contributed by atoms with Gasteiger partial charge in [-0.25, -0.2) is 12.8 Å². The summed E-state index contributed by atoms with van der Waals surface area (Å²) in [6.45, 7) is 1.46. The van der Waals surface area contributed by atoms with Gasteiger partial charge in [0.1, 0.15) is 18.2 Å². The van der Waals surface area contributed by atoms with Crippen LogP contribution in [0.2, 0.25) is 0 Å². The second kappa shape index (κ2) is 6.17. The molecule has 0 radical (unpaired) electrons. The van der Waals surface area contributed by atoms with Crippen molar-refractivity contribution in [1.82, 2.24) is 0 Å². The van der Waals surface area contributed by atoms with Crippen LogP contribution in [0.15, 0.2) is 18.2 Å². The van der Waals surface area contributed by atoms with Crippen molar-refractivity contribution in [2.24, 2.45) is 0 Å². The fourth-order valence-electron chi connectivity index (χ4n) is 1.24. The molecule has 0 atom stereocenters. The molecule has 5 nitrogen and oxygen atoms in total. The molecule has 0 aliphatic heterocycles. The van der Waals surface area contributed by atoms with Crippen molar-refractivity contribution < 1.29 is 27.6 Å². The summed E-state index contributed by atoms with van der Waals surface area (Å²) in [5, 5.41) is 17.6. The highest BCUT2D eigenvalue weighted by molar-refractivity contribution is 7.91. The zero-order valence-electron chi connectivity index (χ0n) is 9.84. The number of halogens is 1. The third kappa shape index (κ3) is 4.28. The van der Waals surface area contributed by atoms with Crippen molar-refractivity contribution in [2.45, 2.75) is 6.92 Å². The van der Waals surface area contributed by atoms with Gasteiger partial charge < -0.3 is 14.8 Å². The summed E-state index contributed by atoms with van der Waals surface area (Å²) in [6, 6.07) is 3.49. The van der Waals surface area contributed by atoms with Crippen molar-refractivity contribution >= 4 is 22.4 Å². The normalized spacial score (nSPS) is 11.3. The van der Waals surface area contributed by atoms with Crippen molar-refractivity contribution in [2.75, 3.05) is 18.1 Å². The van der Waals surface area contributed by atoms with Crippen molar-refractivity contribution in [3.8, 4) is 5.75 Å². The number of ether oxygens (including phenoxy) is 1. The van der Waals surface area contributed by atoms with Gasteiger partial charge in [-0.05, 0) is 6.07 Å². The first-order valence-electron chi connectivity index (χ1n) is 5.34. The van der Waals surface area contributed by atoms with Crippen LogP contribution in [0.25, 0.3) is 0 Å². The third-order valence-corrected chi connectivity index (χ3v) is 4.02. The van der Waals surface area contributed by atoms with E-state index in [-0.39, 0.29) is 29.3 Å². The van der Waals surface area contributed by atoms with Gasteiger partial charge in [-0.1, -0.05) is 13.0 Å². The molecule has 0 amide bonds. The minimum atomic E-state index is -3.12. The van der Waals surface area contributed by atoms with Gasteiger partial charge in [-0.3, -0.25) is 0 Å². The molecule has 0 spiro atoms. The second-order valence-corrected chi connectivity index (χ2v) is 6.11. The Morgan fingerprint density at radius 1 is 1.39 bits per heavy atom. The maximum Gasteiger partial charge on any atom is 0.491 e. The molecule has 2 N–H and O–H groups in total. The van der Waals surface area contributed by atoms with Gasteiger partial charge in [0.15, 0.2) is 9.84 Å². The van der Waals surface area contributed by atoms with Crippen LogP contribution in [0, 0.1) is 5.82 Å². The van der Waals surface area contributed by atoms with Crippen LogP contribution >= 0.6 is 0 Å². The third-order valence-electron chi connectivity index (χ3n) is 2.35. The fourth-order valence-corrected chi connectivity index (χ4v) is 1.86. The van der Waals surface area contributed by atoms with Gasteiger partial charge in [-0.15, -0.1) is 0 Å². The van der Waals surface area contributed by atoms with E-state index >= 15 is 0 Å². The van der Waals surface area contributed by atoms with Gasteiger partial charge in [0, 0.05) is 17.3 Å². The lowest BCUT2D eigenvalue weighted by Gasteiger charge is -2.08. The molecule has 100 valence electrons. The fraction of sp³-hybridized carbons (Fsp3) is 0.400. The minimum absolute atomic E-state index is 0.0281. The van der Waals surface area contributed by atoms with Crippen molar-refractivity contribution in [3.63, 3.8) is 0 Å². The molecule has 0 aliphatic rings. The highest BCUT2D eigenvalue weighted by Gasteiger charge is 2.16. The Labute approximate surface area is 105 Å². The zero-order chi connectivity index (χ0) is 13.8. The summed E-state index contributed by atoms with van der Waals surface area (Å²) in [5.74, 6) is -0.792. The Bertz CT molecular complexity index is 503. The van der Waals surface area contributed by atoms with Crippen LogP contribution < -0.4 is 10.2 Å². The molecule has 1 aromatic carbocycles. The topological polar surface area (TPSA) is 83.8 Å². The molecule has 0 saturated heterocycles. The molecular weight excluding hydrogens is 262 g/mol. The highest BCUT2D eigenvalue weighted by atomic mass is 32.2. The summed E-state index contributed by atoms with van der Waals surface area (Å²) in [7, 11) is -5.01. The quantitative estimate of drug-likeness (QED) is 0.672. The first-order chi connectivity index (χ1) is 8.35. The van der Waals surface area contributed by atoms with E-state index in [1.54, 1.807) is 0 Å². The maximum atomic E-state index is 13.3. The Morgan fingerprint density at radius 3 is 2.56 bits per heavy atom. The number of sulfone groups is 1. The Morgan fingerprint density at radius 2 is 2.06 bits per heavy atom. The summed E-state index contributed by atoms with van der Waals surface area (Å²) in [5.41, 5.74) is -0.261. The van der Waals surface area contributed by atoms with Gasteiger partial charge in [0.05, 0.1) is 5.75 Å². The van der Waals surface area contributed by atoms with Crippen LogP contribution in [-0.2, 0) is 9.84 Å². The predicted molar refractivity (Wildman–Crippen MR) is 66.0 cm³/mol. The van der Waals surface area contributed by atoms with Crippen LogP contribution in [-0.4, -0.2) is 43.7 Å². The van der Waals surface area contributed by atoms with E-state index in [1.165, 1.54) is 19.1 Å². The van der Waals surface area contributed by atoms with Gasteiger partial charge >= 0.3 is 7.12 Å². The monoisotopic (exact) mass is 276 g/mol. The van der Waals surface area contributed by atoms with E-state index < -0.39 is 22.8 Å². The molecular formula is C10H14BFO5S. The standard InChI is InChI=1S/C10H14BFO5S/c1-2-18(15,16)6-5-17-8-3-4-9(11(13)14)10(12)7-8/h3-4,7,13-14H,2,5-6H2,1H3. The Kier molecular flexibility index (Phi) is 5.12. The largest absolute Gasteiger partial charge is 0.492 e. The van der Waals surface area contributed by atoms with E-state index in [9.17, 15) is 12.8 Å². The summed E-state index contributed by atoms with van der Waals surface area (Å²) >= 11 is 0. The first kappa shape index (κ1) is 14.9. The summed E-state index contributed by atoms with van der Waals surface area (Å²) in [6.07, 6.45) is 0. The molecule has 0 heterocycles. The van der Waals surface area contributed by atoms with E-state index in [0.29, 0.717) is 0 Å². The number of hydrogen-bond donors (Lipinski definition) is 2. The number of rotatable bonds is 6. The Hall–Kier alpha value is -1.12. The van der Waals surface area contributed by atoms with Gasteiger partial charge in [0.2, 0.25) is 0 Å². The molecule has 0 aromatic heterocycles. The van der Waals surface area contributed by atoms with E-state index in [4.69, 9.17) is 14.8 Å². The molecule has 1 rings (SSSR count). The molecule has 0 aliphatic carbocycles. The van der Waals surface area contributed by atoms with Crippen molar-refractivity contribution in [3.05, 3.63) is 24.0 Å². The van der Waals surface area contributed by atoms with Crippen LogP contribution in [0.4, 0.5) is 4.39 Å². The lowest BCUT2D eigenvalue weighted by Crippen LogP contribution is -2.32. The molecule has 8 heteroatoms. The average molecular weight is 276 g/mol. The lowest BCUT2D eigenvalue weighted by molar-refractivity contribution is 0.339. The maximum absolute atomic E-state index is 13.3. The molecule has 18 heavy (non-hydrogen) atoms. The second-order valence-electron chi connectivity index (χ2n) is 3.64. The van der Waals surface area contributed by atoms with Crippen LogP contribution in [0.3, 0.4) is 0 Å². The summed E-state index contributed by atoms with van der Waals surface area (Å²) in [4.78, 5) is 0. The molecule has 0 saturated carbocycles. The van der Waals surface area contributed by atoms with E-state index in [2.05, 4.69) is 0 Å². The Balaban J connectivity index is 2.62. The van der Waals surface area contributed by atoms with Gasteiger partial charge in [0.25, 0.3) is 0 Å².